The van der Waals surface area contributed by atoms with Crippen molar-refractivity contribution in [2.24, 2.45) is 0 Å². The summed E-state index contributed by atoms with van der Waals surface area (Å²) in [5.41, 5.74) is 2.07. The quantitative estimate of drug-likeness (QED) is 0.0380. The normalized spacial score (nSPS) is 16.4. The maximum atomic E-state index is 13.4. The van der Waals surface area contributed by atoms with Crippen LogP contribution < -0.4 is 31.7 Å². The fourth-order valence-corrected chi connectivity index (χ4v) is 8.66. The van der Waals surface area contributed by atoms with Crippen LogP contribution in [0.25, 0.3) is 16.9 Å². The summed E-state index contributed by atoms with van der Waals surface area (Å²) in [5, 5.41) is 22.4. The Hall–Kier alpha value is -7.33. The highest BCUT2D eigenvalue weighted by Gasteiger charge is 2.45. The Balaban J connectivity index is 0.693. The SMILES string of the molecule is C=CCn1c(=O)c2cnc(Nc3ccc(N4CCN(CCCC(=O)NCCOCCOCCNc5cccc6c5C(=O)N(C5CCC(=O)NC5=O)C6=O)CC4)cc3)nc2n1-c1cccc(C(C)(C)O)n1. The van der Waals surface area contributed by atoms with E-state index in [0.717, 1.165) is 55.4 Å². The van der Waals surface area contributed by atoms with Crippen molar-refractivity contribution >= 4 is 63.6 Å². The Bertz CT molecular complexity index is 2810. The number of rotatable bonds is 22. The number of allylic oxidation sites excluding steroid dienone is 1. The number of carbonyl (C=O) groups excluding carboxylic acids is 5. The standard InChI is InChI=1S/C49H58N12O9/c1-4-21-59-45(65)35-31-52-48(56-43(35)61(59)39-11-6-10-38(54-39)49(2,3)68)53-32-13-15-33(16-14-32)58-25-23-57(24-26-58)22-7-12-40(62)51-20-28-70-30-29-69-27-19-50-36-9-5-8-34-42(36)47(67)60(46(34)66)37-17-18-41(63)55-44(37)64/h4-6,8-11,13-16,31,37,50,68H,1,7,12,17-30H2,2-3H3,(H,51,62)(H,52,53,56)(H,55,63,64). The number of hydrogen-bond donors (Lipinski definition) is 5. The van der Waals surface area contributed by atoms with Gasteiger partial charge < -0.3 is 35.4 Å². The molecule has 21 nitrogen and oxygen atoms in total. The average Bonchev–Trinajstić information content (AvgIpc) is 3.77. The van der Waals surface area contributed by atoms with Crippen LogP contribution in [0.5, 0.6) is 0 Å². The second kappa shape index (κ2) is 22.0. The number of amides is 5. The predicted molar refractivity (Wildman–Crippen MR) is 260 cm³/mol. The smallest absolute Gasteiger partial charge is 0.278 e. The monoisotopic (exact) mass is 958 g/mol. The number of benzene rings is 2. The fourth-order valence-electron chi connectivity index (χ4n) is 8.66. The zero-order chi connectivity index (χ0) is 49.4. The van der Waals surface area contributed by atoms with Crippen molar-refractivity contribution in [3.63, 3.8) is 0 Å². The van der Waals surface area contributed by atoms with Crippen LogP contribution in [-0.2, 0) is 36.0 Å². The van der Waals surface area contributed by atoms with Crippen LogP contribution >= 0.6 is 0 Å². The summed E-state index contributed by atoms with van der Waals surface area (Å²) in [6, 6.07) is 17.2. The van der Waals surface area contributed by atoms with E-state index in [2.05, 4.69) is 59.7 Å². The molecule has 3 aliphatic rings. The number of piperazine rings is 1. The highest BCUT2D eigenvalue weighted by Crippen LogP contribution is 2.32. The van der Waals surface area contributed by atoms with Gasteiger partial charge in [-0.3, -0.25) is 43.9 Å². The first-order valence-electron chi connectivity index (χ1n) is 23.5. The molecule has 3 aliphatic heterocycles. The molecular formula is C49H58N12O9. The van der Waals surface area contributed by atoms with E-state index in [1.165, 1.54) is 10.9 Å². The summed E-state index contributed by atoms with van der Waals surface area (Å²) < 4.78 is 14.4. The molecule has 5 N–H and O–H groups in total. The maximum absolute atomic E-state index is 13.4. The number of pyridine rings is 1. The molecule has 2 aromatic carbocycles. The molecule has 8 rings (SSSR count). The van der Waals surface area contributed by atoms with E-state index in [1.807, 2.05) is 12.1 Å². The van der Waals surface area contributed by atoms with Crippen LogP contribution in [-0.4, -0.2) is 147 Å². The molecule has 1 unspecified atom stereocenters. The average molecular weight is 959 g/mol. The van der Waals surface area contributed by atoms with Crippen molar-refractivity contribution in [2.75, 3.05) is 87.8 Å². The lowest BCUT2D eigenvalue weighted by Crippen LogP contribution is -2.54. The first kappa shape index (κ1) is 49.1. The van der Waals surface area contributed by atoms with E-state index in [1.54, 1.807) is 61.0 Å². The van der Waals surface area contributed by atoms with Gasteiger partial charge in [0.15, 0.2) is 11.5 Å². The van der Waals surface area contributed by atoms with E-state index in [0.29, 0.717) is 80.1 Å². The summed E-state index contributed by atoms with van der Waals surface area (Å²) in [6.45, 7) is 13.7. The largest absolute Gasteiger partial charge is 0.384 e. The highest BCUT2D eigenvalue weighted by atomic mass is 16.5. The molecule has 2 fully saturated rings. The lowest BCUT2D eigenvalue weighted by molar-refractivity contribution is -0.136. The van der Waals surface area contributed by atoms with Gasteiger partial charge in [0.25, 0.3) is 17.4 Å². The van der Waals surface area contributed by atoms with Crippen molar-refractivity contribution in [3.05, 3.63) is 107 Å². The van der Waals surface area contributed by atoms with Crippen molar-refractivity contribution in [1.82, 2.24) is 44.7 Å². The van der Waals surface area contributed by atoms with Crippen molar-refractivity contribution in [1.29, 1.82) is 0 Å². The van der Waals surface area contributed by atoms with E-state index in [-0.39, 0.29) is 42.0 Å². The van der Waals surface area contributed by atoms with Gasteiger partial charge >= 0.3 is 0 Å². The molecule has 2 saturated heterocycles. The first-order chi connectivity index (χ1) is 33.8. The van der Waals surface area contributed by atoms with Gasteiger partial charge in [0.05, 0.1) is 49.8 Å². The Morgan fingerprint density at radius 2 is 1.66 bits per heavy atom. The van der Waals surface area contributed by atoms with Gasteiger partial charge in [-0.25, -0.2) is 19.3 Å². The zero-order valence-electron chi connectivity index (χ0n) is 39.3. The second-order valence-electron chi connectivity index (χ2n) is 17.6. The summed E-state index contributed by atoms with van der Waals surface area (Å²) in [4.78, 5) is 95.6. The molecule has 21 heteroatoms. The summed E-state index contributed by atoms with van der Waals surface area (Å²) >= 11 is 0. The van der Waals surface area contributed by atoms with Crippen LogP contribution in [0.15, 0.2) is 84.3 Å². The minimum absolute atomic E-state index is 0.0224. The maximum Gasteiger partial charge on any atom is 0.278 e. The number of hydrogen-bond acceptors (Lipinski definition) is 16. The van der Waals surface area contributed by atoms with Gasteiger partial charge in [-0.05, 0) is 81.8 Å². The number of ether oxygens (including phenoxy) is 2. The number of nitrogens with zero attached hydrogens (tertiary/aromatic N) is 8. The molecule has 5 amide bonds. The summed E-state index contributed by atoms with van der Waals surface area (Å²) in [5.74, 6) is -1.51. The third-order valence-corrected chi connectivity index (χ3v) is 12.3. The molecule has 5 aromatic rings. The second-order valence-corrected chi connectivity index (χ2v) is 17.6. The number of aliphatic hydroxyl groups is 1. The van der Waals surface area contributed by atoms with Gasteiger partial charge in [-0.1, -0.05) is 18.2 Å². The molecule has 0 radical (unpaired) electrons. The van der Waals surface area contributed by atoms with Crippen molar-refractivity contribution in [2.45, 2.75) is 57.7 Å². The molecule has 0 aliphatic carbocycles. The van der Waals surface area contributed by atoms with E-state index < -0.39 is 35.3 Å². The predicted octanol–water partition coefficient (Wildman–Crippen LogP) is 2.70. The van der Waals surface area contributed by atoms with Crippen LogP contribution in [0, 0.1) is 0 Å². The summed E-state index contributed by atoms with van der Waals surface area (Å²) in [7, 11) is 0. The van der Waals surface area contributed by atoms with Crippen molar-refractivity contribution < 1.29 is 38.6 Å². The summed E-state index contributed by atoms with van der Waals surface area (Å²) in [6.07, 6.45) is 4.44. The van der Waals surface area contributed by atoms with Crippen LogP contribution in [0.3, 0.4) is 0 Å². The van der Waals surface area contributed by atoms with Gasteiger partial charge in [0.1, 0.15) is 17.0 Å². The Morgan fingerprint density at radius 1 is 0.914 bits per heavy atom. The lowest BCUT2D eigenvalue weighted by Gasteiger charge is -2.36. The van der Waals surface area contributed by atoms with Crippen molar-refractivity contribution in [3.8, 4) is 5.82 Å². The fraction of sp³-hybridized carbons (Fsp3) is 0.408. The van der Waals surface area contributed by atoms with Crippen LogP contribution in [0.1, 0.15) is 65.9 Å². The molecule has 0 saturated carbocycles. The number of piperidine rings is 1. The molecule has 0 bridgehead atoms. The van der Waals surface area contributed by atoms with Gasteiger partial charge in [-0.2, -0.15) is 4.98 Å². The third kappa shape index (κ3) is 11.2. The van der Waals surface area contributed by atoms with E-state index in [9.17, 15) is 33.9 Å². The van der Waals surface area contributed by atoms with Gasteiger partial charge in [-0.15, -0.1) is 6.58 Å². The van der Waals surface area contributed by atoms with Crippen LogP contribution in [0.2, 0.25) is 0 Å². The minimum Gasteiger partial charge on any atom is -0.384 e. The van der Waals surface area contributed by atoms with Gasteiger partial charge in [0, 0.05) is 75.4 Å². The van der Waals surface area contributed by atoms with Gasteiger partial charge in [0.2, 0.25) is 23.7 Å². The molecule has 70 heavy (non-hydrogen) atoms. The van der Waals surface area contributed by atoms with Crippen LogP contribution in [0.4, 0.5) is 23.0 Å². The zero-order valence-corrected chi connectivity index (χ0v) is 39.3. The molecule has 368 valence electrons. The number of anilines is 4. The Morgan fingerprint density at radius 3 is 2.39 bits per heavy atom. The Kier molecular flexibility index (Phi) is 15.4. The lowest BCUT2D eigenvalue weighted by atomic mass is 10.0. The number of fused-ring (bicyclic) bond motifs is 2. The molecule has 0 spiro atoms. The number of aromatic nitrogens is 5. The highest BCUT2D eigenvalue weighted by molar-refractivity contribution is 6.25. The van der Waals surface area contributed by atoms with E-state index >= 15 is 0 Å². The van der Waals surface area contributed by atoms with E-state index in [4.69, 9.17) is 14.5 Å². The first-order valence-corrected chi connectivity index (χ1v) is 23.5. The number of nitrogens with one attached hydrogen (secondary N) is 4. The topological polar surface area (TPSA) is 247 Å². The minimum atomic E-state index is -1.19. The molecule has 6 heterocycles. The molecule has 3 aromatic heterocycles. The number of carbonyl (C=O) groups is 5. The Labute approximate surface area is 403 Å². The number of imide groups is 2. The molecular weight excluding hydrogens is 901 g/mol. The molecule has 1 atom stereocenters. The third-order valence-electron chi connectivity index (χ3n) is 12.3.